The van der Waals surface area contributed by atoms with Gasteiger partial charge in [-0.05, 0) is 31.7 Å². The molecule has 0 amide bonds. The van der Waals surface area contributed by atoms with E-state index in [1.807, 2.05) is 6.07 Å². The van der Waals surface area contributed by atoms with Crippen molar-refractivity contribution in [1.29, 1.82) is 0 Å². The number of carboxylic acids is 1. The lowest BCUT2D eigenvalue weighted by Crippen LogP contribution is -2.63. The first kappa shape index (κ1) is 28.0. The van der Waals surface area contributed by atoms with Crippen LogP contribution in [0.1, 0.15) is 69.6 Å². The molecule has 0 spiro atoms. The number of aliphatic carboxylic acids is 1. The van der Waals surface area contributed by atoms with Crippen molar-refractivity contribution in [3.05, 3.63) is 46.0 Å². The van der Waals surface area contributed by atoms with E-state index in [1.165, 1.54) is 0 Å². The third kappa shape index (κ3) is 6.89. The molecular formula is C26H35F3N6O3. The molecule has 208 valence electrons. The molecule has 1 aliphatic heterocycles. The molecule has 1 saturated heterocycles. The fourth-order valence-electron chi connectivity index (χ4n) is 4.88. The number of anilines is 1. The van der Waals surface area contributed by atoms with E-state index in [9.17, 15) is 27.9 Å². The lowest BCUT2D eigenvalue weighted by molar-refractivity contribution is -0.923. The minimum Gasteiger partial charge on any atom is -0.544 e. The lowest BCUT2D eigenvalue weighted by atomic mass is 9.95. The summed E-state index contributed by atoms with van der Waals surface area (Å²) in [5, 5.41) is 11.6. The first-order valence-corrected chi connectivity index (χ1v) is 13.1. The molecule has 0 aromatic carbocycles. The number of nitrogens with zero attached hydrogens (tertiary/aromatic N) is 6. The van der Waals surface area contributed by atoms with E-state index in [4.69, 9.17) is 0 Å². The normalized spacial score (nSPS) is 18.0. The molecule has 1 aliphatic carbocycles. The number of alkyl halides is 3. The Morgan fingerprint density at radius 3 is 2.34 bits per heavy atom. The molecule has 1 saturated carbocycles. The summed E-state index contributed by atoms with van der Waals surface area (Å²) in [5.41, 5.74) is -1.07. The van der Waals surface area contributed by atoms with Gasteiger partial charge in [0.15, 0.2) is 0 Å². The Hall–Kier alpha value is -3.02. The topological polar surface area (TPSA) is 104 Å². The second-order valence-electron chi connectivity index (χ2n) is 11.5. The van der Waals surface area contributed by atoms with Crippen LogP contribution in [0, 0.1) is 0 Å². The number of carbonyl (C=O) groups excluding carboxylic acids is 1. The number of unbranched alkanes of at least 4 members (excludes halogenated alkanes) is 1. The van der Waals surface area contributed by atoms with Crippen LogP contribution >= 0.6 is 0 Å². The number of aryl methyl sites for hydroxylation is 1. The number of rotatable bonds is 9. The number of carboxylic acid groups (broad SMARTS) is 1. The molecule has 38 heavy (non-hydrogen) atoms. The van der Waals surface area contributed by atoms with Gasteiger partial charge in [0.1, 0.15) is 23.9 Å². The van der Waals surface area contributed by atoms with Crippen LogP contribution in [0.3, 0.4) is 0 Å². The van der Waals surface area contributed by atoms with Crippen molar-refractivity contribution in [2.45, 2.75) is 70.5 Å². The summed E-state index contributed by atoms with van der Waals surface area (Å²) < 4.78 is 42.5. The van der Waals surface area contributed by atoms with Gasteiger partial charge < -0.3 is 19.3 Å². The highest BCUT2D eigenvalue weighted by Gasteiger charge is 2.38. The van der Waals surface area contributed by atoms with Gasteiger partial charge in [-0.1, -0.05) is 20.8 Å². The fraction of sp³-hybridized carbons (Fsp3) is 0.654. The Labute approximate surface area is 219 Å². The van der Waals surface area contributed by atoms with Crippen LogP contribution in [0.25, 0.3) is 0 Å². The van der Waals surface area contributed by atoms with E-state index in [2.05, 4.69) is 15.0 Å². The van der Waals surface area contributed by atoms with Gasteiger partial charge in [0.25, 0.3) is 0 Å². The summed E-state index contributed by atoms with van der Waals surface area (Å²) in [7, 11) is 0. The average molecular weight is 537 g/mol. The summed E-state index contributed by atoms with van der Waals surface area (Å²) in [6.07, 6.45) is 0.685. The van der Waals surface area contributed by atoms with Crippen LogP contribution in [0.4, 0.5) is 19.0 Å². The number of halogens is 3. The lowest BCUT2D eigenvalue weighted by Gasteiger charge is -2.45. The summed E-state index contributed by atoms with van der Waals surface area (Å²) in [6, 6.07) is 2.86. The molecule has 0 bridgehead atoms. The van der Waals surface area contributed by atoms with Crippen molar-refractivity contribution in [3.63, 3.8) is 0 Å². The number of aromatic nitrogens is 4. The number of hydrogen-bond acceptors (Lipinski definition) is 7. The zero-order valence-electron chi connectivity index (χ0n) is 22.1. The third-order valence-electron chi connectivity index (χ3n) is 7.32. The SMILES string of the molecule is CC(C)(C)c1nc(N2CC[N+](CCCCn3ccc(C4CC4)nc3=O)(CC(=O)[O-])CC2)cc(C(F)(F)F)n1. The molecule has 9 nitrogen and oxygen atoms in total. The molecule has 12 heteroatoms. The van der Waals surface area contributed by atoms with E-state index in [0.717, 1.165) is 24.6 Å². The van der Waals surface area contributed by atoms with Gasteiger partial charge in [-0.25, -0.2) is 14.8 Å². The summed E-state index contributed by atoms with van der Waals surface area (Å²) >= 11 is 0. The maximum atomic E-state index is 13.5. The number of quaternary nitrogens is 1. The summed E-state index contributed by atoms with van der Waals surface area (Å²) in [4.78, 5) is 38.0. The first-order chi connectivity index (χ1) is 17.8. The van der Waals surface area contributed by atoms with Crippen LogP contribution in [0.5, 0.6) is 0 Å². The van der Waals surface area contributed by atoms with Crippen molar-refractivity contribution in [3.8, 4) is 0 Å². The highest BCUT2D eigenvalue weighted by atomic mass is 19.4. The maximum absolute atomic E-state index is 13.5. The molecule has 0 radical (unpaired) electrons. The predicted molar refractivity (Wildman–Crippen MR) is 132 cm³/mol. The van der Waals surface area contributed by atoms with Gasteiger partial charge in [0.2, 0.25) is 0 Å². The van der Waals surface area contributed by atoms with Crippen molar-refractivity contribution in [1.82, 2.24) is 19.5 Å². The Balaban J connectivity index is 1.40. The van der Waals surface area contributed by atoms with Crippen molar-refractivity contribution >= 4 is 11.8 Å². The number of hydrogen-bond donors (Lipinski definition) is 0. The fourth-order valence-corrected chi connectivity index (χ4v) is 4.88. The summed E-state index contributed by atoms with van der Waals surface area (Å²) in [5.74, 6) is -0.443. The minimum atomic E-state index is -4.60. The Kier molecular flexibility index (Phi) is 7.83. The molecular weight excluding hydrogens is 501 g/mol. The number of carbonyl (C=O) groups is 1. The first-order valence-electron chi connectivity index (χ1n) is 13.1. The highest BCUT2D eigenvalue weighted by Crippen LogP contribution is 2.38. The van der Waals surface area contributed by atoms with Gasteiger partial charge in [0.05, 0.1) is 44.4 Å². The number of piperazine rings is 1. The maximum Gasteiger partial charge on any atom is 0.433 e. The van der Waals surface area contributed by atoms with E-state index in [1.54, 1.807) is 36.4 Å². The van der Waals surface area contributed by atoms with Crippen molar-refractivity contribution in [2.75, 3.05) is 44.2 Å². The smallest absolute Gasteiger partial charge is 0.433 e. The Morgan fingerprint density at radius 1 is 1.11 bits per heavy atom. The molecule has 2 aromatic heterocycles. The van der Waals surface area contributed by atoms with Crippen molar-refractivity contribution < 1.29 is 27.6 Å². The average Bonchev–Trinajstić information content (AvgIpc) is 3.67. The molecule has 0 atom stereocenters. The van der Waals surface area contributed by atoms with Gasteiger partial charge in [-0.15, -0.1) is 0 Å². The molecule has 0 N–H and O–H groups in total. The van der Waals surface area contributed by atoms with Crippen LogP contribution in [-0.2, 0) is 22.9 Å². The van der Waals surface area contributed by atoms with Crippen molar-refractivity contribution in [2.24, 2.45) is 0 Å². The highest BCUT2D eigenvalue weighted by molar-refractivity contribution is 5.65. The van der Waals surface area contributed by atoms with Gasteiger partial charge in [-0.2, -0.15) is 18.2 Å². The van der Waals surface area contributed by atoms with Gasteiger partial charge in [0, 0.05) is 30.1 Å². The molecule has 0 unspecified atom stereocenters. The molecule has 4 rings (SSSR count). The zero-order chi connectivity index (χ0) is 27.7. The molecule has 3 heterocycles. The van der Waals surface area contributed by atoms with E-state index >= 15 is 0 Å². The van der Waals surface area contributed by atoms with Crippen LogP contribution < -0.4 is 15.7 Å². The van der Waals surface area contributed by atoms with E-state index in [-0.39, 0.29) is 28.4 Å². The van der Waals surface area contributed by atoms with Crippen LogP contribution in [-0.4, -0.2) is 69.2 Å². The molecule has 2 fully saturated rings. The van der Waals surface area contributed by atoms with Crippen LogP contribution in [0.2, 0.25) is 0 Å². The second kappa shape index (κ2) is 10.6. The zero-order valence-corrected chi connectivity index (χ0v) is 22.1. The van der Waals surface area contributed by atoms with E-state index in [0.29, 0.717) is 58.0 Å². The van der Waals surface area contributed by atoms with Gasteiger partial charge in [-0.3, -0.25) is 4.57 Å². The Morgan fingerprint density at radius 2 is 1.79 bits per heavy atom. The third-order valence-corrected chi connectivity index (χ3v) is 7.32. The van der Waals surface area contributed by atoms with Gasteiger partial charge >= 0.3 is 11.9 Å². The largest absolute Gasteiger partial charge is 0.544 e. The molecule has 2 aliphatic rings. The standard InChI is InChI=1S/C26H35F3N6O3/c1-25(2,3)23-31-20(26(27,28)29)16-21(32-23)33-11-14-35(15-12-33,17-22(36)37)13-5-4-9-34-10-8-19(18-6-7-18)30-24(34)38/h8,10,16,18H,4-7,9,11-15,17H2,1-3H3. The molecule has 2 aromatic rings. The predicted octanol–water partition coefficient (Wildman–Crippen LogP) is 2.09. The Bertz CT molecular complexity index is 1180. The monoisotopic (exact) mass is 536 g/mol. The van der Waals surface area contributed by atoms with Crippen LogP contribution in [0.15, 0.2) is 23.1 Å². The minimum absolute atomic E-state index is 0.110. The quantitative estimate of drug-likeness (QED) is 0.357. The summed E-state index contributed by atoms with van der Waals surface area (Å²) in [6.45, 7) is 7.75. The van der Waals surface area contributed by atoms with E-state index < -0.39 is 23.3 Å². The second-order valence-corrected chi connectivity index (χ2v) is 11.5.